The number of nitrogens with one attached hydrogen (secondary N) is 2. The Labute approximate surface area is 173 Å². The average Bonchev–Trinajstić information content (AvgIpc) is 3.51. The van der Waals surface area contributed by atoms with E-state index in [2.05, 4.69) is 30.5 Å². The number of hydrogen-bond donors (Lipinski definition) is 2. The van der Waals surface area contributed by atoms with Crippen molar-refractivity contribution < 1.29 is 14.3 Å². The van der Waals surface area contributed by atoms with Crippen LogP contribution in [0.4, 0.5) is 22.1 Å². The number of urea groups is 1. The summed E-state index contributed by atoms with van der Waals surface area (Å²) >= 11 is 0. The Morgan fingerprint density at radius 1 is 1.23 bits per heavy atom. The van der Waals surface area contributed by atoms with Gasteiger partial charge in [0.15, 0.2) is 5.82 Å². The van der Waals surface area contributed by atoms with Crippen molar-refractivity contribution in [3.63, 3.8) is 0 Å². The predicted octanol–water partition coefficient (Wildman–Crippen LogP) is 1.65. The smallest absolute Gasteiger partial charge is 0.329 e. The van der Waals surface area contributed by atoms with Gasteiger partial charge in [-0.15, -0.1) is 0 Å². The Bertz CT molecular complexity index is 994. The fourth-order valence-corrected chi connectivity index (χ4v) is 3.94. The van der Waals surface area contributed by atoms with Gasteiger partial charge in [-0.25, -0.2) is 19.7 Å². The second-order valence-corrected chi connectivity index (χ2v) is 7.83. The molecule has 10 heteroatoms. The van der Waals surface area contributed by atoms with Crippen molar-refractivity contribution in [1.29, 1.82) is 0 Å². The minimum atomic E-state index is -0.341. The molecule has 2 aromatic rings. The Morgan fingerprint density at radius 2 is 2.10 bits per heavy atom. The van der Waals surface area contributed by atoms with Crippen molar-refractivity contribution in [3.8, 4) is 5.88 Å². The fraction of sp³-hybridized carbons (Fsp3) is 0.450. The van der Waals surface area contributed by atoms with Gasteiger partial charge in [0.25, 0.3) is 5.91 Å². The summed E-state index contributed by atoms with van der Waals surface area (Å²) in [5, 5.41) is 5.74. The van der Waals surface area contributed by atoms with Crippen LogP contribution in [0.1, 0.15) is 29.8 Å². The highest BCUT2D eigenvalue weighted by Crippen LogP contribution is 2.39. The van der Waals surface area contributed by atoms with E-state index in [4.69, 9.17) is 4.74 Å². The monoisotopic (exact) mass is 409 g/mol. The van der Waals surface area contributed by atoms with E-state index >= 15 is 0 Å². The first-order chi connectivity index (χ1) is 14.6. The summed E-state index contributed by atoms with van der Waals surface area (Å²) in [5.41, 5.74) is 1.18. The first-order valence-electron chi connectivity index (χ1n) is 10.1. The number of amides is 3. The molecule has 1 aliphatic carbocycles. The van der Waals surface area contributed by atoms with Crippen LogP contribution in [-0.4, -0.2) is 59.7 Å². The summed E-state index contributed by atoms with van der Waals surface area (Å²) in [5.74, 6) is 1.58. The quantitative estimate of drug-likeness (QED) is 0.772. The van der Waals surface area contributed by atoms with Gasteiger partial charge in [-0.05, 0) is 37.3 Å². The van der Waals surface area contributed by atoms with E-state index in [0.717, 1.165) is 38.0 Å². The number of pyridine rings is 1. The number of carbonyl (C=O) groups excluding carboxylic acids is 2. The van der Waals surface area contributed by atoms with Crippen molar-refractivity contribution >= 4 is 29.3 Å². The maximum atomic E-state index is 13.2. The Kier molecular flexibility index (Phi) is 4.61. The molecule has 3 amide bonds. The normalized spacial score (nSPS) is 19.3. The van der Waals surface area contributed by atoms with Crippen molar-refractivity contribution in [3.05, 3.63) is 30.2 Å². The lowest BCUT2D eigenvalue weighted by molar-refractivity contribution is 0.0947. The molecular weight excluding hydrogens is 386 g/mol. The highest BCUT2D eigenvalue weighted by Gasteiger charge is 2.40. The molecule has 0 radical (unpaired) electrons. The molecule has 1 saturated heterocycles. The van der Waals surface area contributed by atoms with E-state index in [9.17, 15) is 9.59 Å². The Balaban J connectivity index is 1.41. The zero-order chi connectivity index (χ0) is 20.7. The summed E-state index contributed by atoms with van der Waals surface area (Å²) in [7, 11) is 1.50. The van der Waals surface area contributed by atoms with Gasteiger partial charge in [0.1, 0.15) is 17.8 Å². The summed E-state index contributed by atoms with van der Waals surface area (Å²) in [6, 6.07) is 4.80. The SMILES string of the molecule is COc1cc(NC(=O)N2c3nc(C(=O)NCC4CC4)ccc3N3CC[C@H]2C3)ncn1. The number of hydrogen-bond acceptors (Lipinski definition) is 7. The third-order valence-electron chi connectivity index (χ3n) is 5.74. The summed E-state index contributed by atoms with van der Waals surface area (Å²) in [6.45, 7) is 2.26. The number of fused-ring (bicyclic) bond motifs is 4. The van der Waals surface area contributed by atoms with Crippen LogP contribution in [0, 0.1) is 5.92 Å². The molecule has 156 valence electrons. The first-order valence-corrected chi connectivity index (χ1v) is 10.1. The highest BCUT2D eigenvalue weighted by atomic mass is 16.5. The second kappa shape index (κ2) is 7.43. The van der Waals surface area contributed by atoms with E-state index < -0.39 is 0 Å². The predicted molar refractivity (Wildman–Crippen MR) is 110 cm³/mol. The summed E-state index contributed by atoms with van der Waals surface area (Å²) in [4.78, 5) is 42.2. The van der Waals surface area contributed by atoms with Crippen molar-refractivity contribution in [2.24, 2.45) is 5.92 Å². The number of anilines is 3. The average molecular weight is 409 g/mol. The van der Waals surface area contributed by atoms with E-state index in [1.807, 2.05) is 6.07 Å². The number of ether oxygens (including phenoxy) is 1. The molecule has 2 aliphatic heterocycles. The number of methoxy groups -OCH3 is 1. The lowest BCUT2D eigenvalue weighted by atomic mass is 10.1. The largest absolute Gasteiger partial charge is 0.481 e. The molecule has 0 unspecified atom stereocenters. The van der Waals surface area contributed by atoms with Crippen LogP contribution < -0.4 is 25.2 Å². The van der Waals surface area contributed by atoms with Crippen LogP contribution in [0.3, 0.4) is 0 Å². The molecule has 10 nitrogen and oxygen atoms in total. The van der Waals surface area contributed by atoms with Crippen LogP contribution in [0.2, 0.25) is 0 Å². The first kappa shape index (κ1) is 18.6. The van der Waals surface area contributed by atoms with E-state index in [1.54, 1.807) is 17.0 Å². The lowest BCUT2D eigenvalue weighted by Crippen LogP contribution is -2.48. The van der Waals surface area contributed by atoms with Crippen LogP contribution in [0.25, 0.3) is 0 Å². The molecule has 2 aromatic heterocycles. The minimum Gasteiger partial charge on any atom is -0.481 e. The van der Waals surface area contributed by atoms with Gasteiger partial charge < -0.3 is 15.0 Å². The number of rotatable bonds is 5. The van der Waals surface area contributed by atoms with E-state index in [-0.39, 0.29) is 18.0 Å². The molecule has 3 aliphatic rings. The molecule has 1 atom stereocenters. The van der Waals surface area contributed by atoms with Crippen molar-refractivity contribution in [2.75, 3.05) is 41.9 Å². The maximum Gasteiger partial charge on any atom is 0.329 e. The Hall–Kier alpha value is -3.43. The molecule has 0 spiro atoms. The third kappa shape index (κ3) is 3.49. The molecule has 5 rings (SSSR count). The zero-order valence-electron chi connectivity index (χ0n) is 16.7. The van der Waals surface area contributed by atoms with Gasteiger partial charge in [-0.1, -0.05) is 0 Å². The van der Waals surface area contributed by atoms with Gasteiger partial charge in [-0.3, -0.25) is 15.0 Å². The van der Waals surface area contributed by atoms with Crippen LogP contribution >= 0.6 is 0 Å². The van der Waals surface area contributed by atoms with Gasteiger partial charge in [-0.2, -0.15) is 0 Å². The third-order valence-corrected chi connectivity index (χ3v) is 5.74. The number of nitrogens with zero attached hydrogens (tertiary/aromatic N) is 5. The topological polar surface area (TPSA) is 113 Å². The second-order valence-electron chi connectivity index (χ2n) is 7.83. The van der Waals surface area contributed by atoms with Crippen molar-refractivity contribution in [2.45, 2.75) is 25.3 Å². The fourth-order valence-electron chi connectivity index (χ4n) is 3.94. The number of aromatic nitrogens is 3. The highest BCUT2D eigenvalue weighted by molar-refractivity contribution is 6.05. The maximum absolute atomic E-state index is 13.2. The van der Waals surface area contributed by atoms with Gasteiger partial charge >= 0.3 is 6.03 Å². The van der Waals surface area contributed by atoms with Gasteiger partial charge in [0.05, 0.1) is 18.8 Å². The summed E-state index contributed by atoms with van der Waals surface area (Å²) < 4.78 is 5.09. The summed E-state index contributed by atoms with van der Waals surface area (Å²) in [6.07, 6.45) is 4.49. The van der Waals surface area contributed by atoms with Crippen LogP contribution in [-0.2, 0) is 0 Å². The lowest BCUT2D eigenvalue weighted by Gasteiger charge is -2.35. The van der Waals surface area contributed by atoms with Crippen molar-refractivity contribution in [1.82, 2.24) is 20.3 Å². The van der Waals surface area contributed by atoms with Crippen LogP contribution in [0.15, 0.2) is 24.5 Å². The zero-order valence-corrected chi connectivity index (χ0v) is 16.7. The molecule has 4 heterocycles. The molecular formula is C20H23N7O3. The molecule has 2 bridgehead atoms. The Morgan fingerprint density at radius 3 is 2.90 bits per heavy atom. The standard InChI is InChI=1S/C20H23N7O3/c1-30-17-8-16(22-11-23-17)25-20(29)27-13-6-7-26(10-13)15-5-4-14(24-18(15)27)19(28)21-9-12-2-3-12/h4-5,8,11-13H,2-3,6-7,9-10H2,1H3,(H,21,28)(H,22,23,25,29)/t13-/m0/s1. The number of carbonyl (C=O) groups is 2. The molecule has 2 N–H and O–H groups in total. The van der Waals surface area contributed by atoms with Crippen LogP contribution in [0.5, 0.6) is 5.88 Å². The minimum absolute atomic E-state index is 0.0153. The van der Waals surface area contributed by atoms with E-state index in [1.165, 1.54) is 13.4 Å². The van der Waals surface area contributed by atoms with Gasteiger partial charge in [0.2, 0.25) is 5.88 Å². The molecule has 2 fully saturated rings. The molecule has 30 heavy (non-hydrogen) atoms. The molecule has 0 aromatic carbocycles. The van der Waals surface area contributed by atoms with Gasteiger partial charge in [0, 0.05) is 25.7 Å². The molecule has 1 saturated carbocycles. The van der Waals surface area contributed by atoms with E-state index in [0.29, 0.717) is 35.7 Å².